The molecule has 0 saturated carbocycles. The van der Waals surface area contributed by atoms with Crippen LogP contribution in [0.4, 0.5) is 5.95 Å². The SMILES string of the molecule is COc1ccc(-c2noc(CCC(=O)Nc3nnc4ccccn34)n2)cc1. The van der Waals surface area contributed by atoms with E-state index in [4.69, 9.17) is 9.26 Å². The third-order valence-electron chi connectivity index (χ3n) is 3.95. The van der Waals surface area contributed by atoms with Gasteiger partial charge >= 0.3 is 0 Å². The lowest BCUT2D eigenvalue weighted by atomic mass is 10.2. The molecule has 0 aliphatic rings. The molecular formula is C18H16N6O3. The maximum absolute atomic E-state index is 12.2. The maximum atomic E-state index is 12.2. The molecule has 1 amide bonds. The highest BCUT2D eigenvalue weighted by atomic mass is 16.5. The van der Waals surface area contributed by atoms with Crippen molar-refractivity contribution in [2.24, 2.45) is 0 Å². The number of fused-ring (bicyclic) bond motifs is 1. The number of aromatic nitrogens is 5. The van der Waals surface area contributed by atoms with Crippen LogP contribution in [0.5, 0.6) is 5.75 Å². The monoisotopic (exact) mass is 364 g/mol. The van der Waals surface area contributed by atoms with E-state index in [0.29, 0.717) is 29.7 Å². The highest BCUT2D eigenvalue weighted by Gasteiger charge is 2.13. The lowest BCUT2D eigenvalue weighted by molar-refractivity contribution is -0.116. The first-order valence-corrected chi connectivity index (χ1v) is 8.29. The van der Waals surface area contributed by atoms with Crippen LogP contribution in [-0.2, 0) is 11.2 Å². The first-order chi connectivity index (χ1) is 13.2. The third kappa shape index (κ3) is 3.61. The van der Waals surface area contributed by atoms with Gasteiger partial charge in [0.2, 0.25) is 23.6 Å². The van der Waals surface area contributed by atoms with Crippen LogP contribution >= 0.6 is 0 Å². The maximum Gasteiger partial charge on any atom is 0.235 e. The molecule has 0 radical (unpaired) electrons. The molecule has 0 aliphatic heterocycles. The summed E-state index contributed by atoms with van der Waals surface area (Å²) in [6.07, 6.45) is 2.29. The number of nitrogens with one attached hydrogen (secondary N) is 1. The first-order valence-electron chi connectivity index (χ1n) is 8.29. The van der Waals surface area contributed by atoms with Crippen LogP contribution in [0.25, 0.3) is 17.0 Å². The summed E-state index contributed by atoms with van der Waals surface area (Å²) in [5.41, 5.74) is 1.47. The quantitative estimate of drug-likeness (QED) is 0.559. The van der Waals surface area contributed by atoms with Crippen LogP contribution in [0.15, 0.2) is 53.2 Å². The van der Waals surface area contributed by atoms with Gasteiger partial charge in [-0.05, 0) is 36.4 Å². The van der Waals surface area contributed by atoms with Crippen molar-refractivity contribution in [3.05, 3.63) is 54.6 Å². The molecule has 0 bridgehead atoms. The second-order valence-electron chi connectivity index (χ2n) is 5.74. The van der Waals surface area contributed by atoms with E-state index < -0.39 is 0 Å². The molecule has 1 N–H and O–H groups in total. The van der Waals surface area contributed by atoms with E-state index in [2.05, 4.69) is 25.7 Å². The Hall–Kier alpha value is -3.75. The number of rotatable bonds is 6. The fraction of sp³-hybridized carbons (Fsp3) is 0.167. The Morgan fingerprint density at radius 3 is 2.85 bits per heavy atom. The summed E-state index contributed by atoms with van der Waals surface area (Å²) in [5.74, 6) is 1.77. The Bertz CT molecular complexity index is 1070. The fourth-order valence-electron chi connectivity index (χ4n) is 2.55. The van der Waals surface area contributed by atoms with Gasteiger partial charge in [-0.3, -0.25) is 14.5 Å². The van der Waals surface area contributed by atoms with E-state index in [1.165, 1.54) is 0 Å². The number of aryl methyl sites for hydroxylation is 1. The predicted molar refractivity (Wildman–Crippen MR) is 96.2 cm³/mol. The number of pyridine rings is 1. The molecule has 0 aliphatic carbocycles. The topological polar surface area (TPSA) is 107 Å². The number of nitrogens with zero attached hydrogens (tertiary/aromatic N) is 5. The van der Waals surface area contributed by atoms with Gasteiger partial charge in [-0.2, -0.15) is 4.98 Å². The highest BCUT2D eigenvalue weighted by molar-refractivity contribution is 5.89. The van der Waals surface area contributed by atoms with Crippen LogP contribution in [0, 0.1) is 0 Å². The van der Waals surface area contributed by atoms with Gasteiger partial charge in [-0.1, -0.05) is 11.2 Å². The van der Waals surface area contributed by atoms with Crippen LogP contribution in [0.3, 0.4) is 0 Å². The molecule has 9 heteroatoms. The summed E-state index contributed by atoms with van der Waals surface area (Å²) >= 11 is 0. The summed E-state index contributed by atoms with van der Waals surface area (Å²) in [6, 6.07) is 12.8. The molecule has 1 aromatic carbocycles. The molecule has 0 fully saturated rings. The van der Waals surface area contributed by atoms with Crippen molar-refractivity contribution < 1.29 is 14.1 Å². The van der Waals surface area contributed by atoms with Gasteiger partial charge in [0.05, 0.1) is 7.11 Å². The predicted octanol–water partition coefficient (Wildman–Crippen LogP) is 2.36. The number of carbonyl (C=O) groups excluding carboxylic acids is 1. The zero-order valence-corrected chi connectivity index (χ0v) is 14.5. The van der Waals surface area contributed by atoms with Crippen molar-refractivity contribution in [2.45, 2.75) is 12.8 Å². The van der Waals surface area contributed by atoms with E-state index in [1.807, 2.05) is 42.5 Å². The van der Waals surface area contributed by atoms with Crippen LogP contribution in [0.1, 0.15) is 12.3 Å². The number of ether oxygens (including phenoxy) is 1. The normalized spacial score (nSPS) is 10.9. The van der Waals surface area contributed by atoms with Gasteiger partial charge in [0.1, 0.15) is 5.75 Å². The third-order valence-corrected chi connectivity index (χ3v) is 3.95. The molecule has 9 nitrogen and oxygen atoms in total. The van der Waals surface area contributed by atoms with Gasteiger partial charge in [-0.25, -0.2) is 0 Å². The van der Waals surface area contributed by atoms with E-state index in [0.717, 1.165) is 11.3 Å². The molecule has 136 valence electrons. The summed E-state index contributed by atoms with van der Waals surface area (Å²) in [7, 11) is 1.61. The number of hydrogen-bond donors (Lipinski definition) is 1. The lowest BCUT2D eigenvalue weighted by Crippen LogP contribution is -2.14. The molecule has 27 heavy (non-hydrogen) atoms. The minimum absolute atomic E-state index is 0.187. The second-order valence-corrected chi connectivity index (χ2v) is 5.74. The average molecular weight is 364 g/mol. The van der Waals surface area contributed by atoms with Crippen molar-refractivity contribution in [1.82, 2.24) is 24.7 Å². The minimum Gasteiger partial charge on any atom is -0.497 e. The largest absolute Gasteiger partial charge is 0.497 e. The highest BCUT2D eigenvalue weighted by Crippen LogP contribution is 2.20. The van der Waals surface area contributed by atoms with Crippen molar-refractivity contribution >= 4 is 17.5 Å². The van der Waals surface area contributed by atoms with Crippen LogP contribution < -0.4 is 10.1 Å². The molecule has 3 aromatic heterocycles. The van der Waals surface area contributed by atoms with Gasteiger partial charge < -0.3 is 9.26 Å². The van der Waals surface area contributed by atoms with Crippen molar-refractivity contribution in [3.8, 4) is 17.1 Å². The molecule has 0 saturated heterocycles. The Morgan fingerprint density at radius 2 is 2.04 bits per heavy atom. The van der Waals surface area contributed by atoms with Gasteiger partial charge in [0.25, 0.3) is 0 Å². The fourth-order valence-corrected chi connectivity index (χ4v) is 2.55. The van der Waals surface area contributed by atoms with Gasteiger partial charge in [-0.15, -0.1) is 10.2 Å². The van der Waals surface area contributed by atoms with Crippen LogP contribution in [0.2, 0.25) is 0 Å². The molecule has 3 heterocycles. The van der Waals surface area contributed by atoms with E-state index in [-0.39, 0.29) is 12.3 Å². The van der Waals surface area contributed by atoms with Crippen molar-refractivity contribution in [3.63, 3.8) is 0 Å². The first kappa shape index (κ1) is 16.7. The Balaban J connectivity index is 1.37. The number of anilines is 1. The van der Waals surface area contributed by atoms with Gasteiger partial charge in [0.15, 0.2) is 5.65 Å². The Kier molecular flexibility index (Phi) is 4.48. The number of hydrogen-bond acceptors (Lipinski definition) is 7. The zero-order valence-electron chi connectivity index (χ0n) is 14.5. The van der Waals surface area contributed by atoms with Crippen molar-refractivity contribution in [2.75, 3.05) is 12.4 Å². The average Bonchev–Trinajstić information content (AvgIpc) is 3.34. The minimum atomic E-state index is -0.211. The van der Waals surface area contributed by atoms with E-state index >= 15 is 0 Å². The molecule has 4 aromatic rings. The molecule has 0 unspecified atom stereocenters. The summed E-state index contributed by atoms with van der Waals surface area (Å²) in [4.78, 5) is 16.5. The number of carbonyl (C=O) groups is 1. The Morgan fingerprint density at radius 1 is 1.19 bits per heavy atom. The number of amides is 1. The zero-order chi connectivity index (χ0) is 18.6. The molecular weight excluding hydrogens is 348 g/mol. The summed E-state index contributed by atoms with van der Waals surface area (Å²) in [6.45, 7) is 0. The number of methoxy groups -OCH3 is 1. The molecule has 4 rings (SSSR count). The standard InChI is InChI=1S/C18H16N6O3/c1-26-13-7-5-12(6-8-13)17-20-16(27-23-17)10-9-15(25)19-18-22-21-14-4-2-3-11-24(14)18/h2-8,11H,9-10H2,1H3,(H,19,22,25). The van der Waals surface area contributed by atoms with E-state index in [1.54, 1.807) is 17.7 Å². The molecule has 0 spiro atoms. The van der Waals surface area contributed by atoms with Crippen LogP contribution in [-0.4, -0.2) is 37.8 Å². The van der Waals surface area contributed by atoms with Crippen molar-refractivity contribution in [1.29, 1.82) is 0 Å². The Labute approximate surface area is 154 Å². The van der Waals surface area contributed by atoms with Gasteiger partial charge in [0, 0.05) is 24.6 Å². The number of benzene rings is 1. The van der Waals surface area contributed by atoms with E-state index in [9.17, 15) is 4.79 Å². The second kappa shape index (κ2) is 7.24. The smallest absolute Gasteiger partial charge is 0.235 e. The summed E-state index contributed by atoms with van der Waals surface area (Å²) < 4.78 is 12.1. The lowest BCUT2D eigenvalue weighted by Gasteiger charge is -2.01. The summed E-state index contributed by atoms with van der Waals surface area (Å²) in [5, 5.41) is 14.6. The molecule has 0 atom stereocenters.